The summed E-state index contributed by atoms with van der Waals surface area (Å²) in [4.78, 5) is 15.4. The third-order valence-electron chi connectivity index (χ3n) is 2.00. The van der Waals surface area contributed by atoms with Gasteiger partial charge in [-0.1, -0.05) is 12.1 Å². The molecule has 0 fully saturated rings. The fraction of sp³-hybridized carbons (Fsp3) is 0.333. The van der Waals surface area contributed by atoms with Crippen LogP contribution in [-0.2, 0) is 11.3 Å². The molecule has 0 radical (unpaired) electrons. The summed E-state index contributed by atoms with van der Waals surface area (Å²) in [6, 6.07) is 5.66. The molecule has 15 heavy (non-hydrogen) atoms. The Hall–Kier alpha value is -1.64. The molecule has 1 aromatic heterocycles. The first-order chi connectivity index (χ1) is 7.33. The molecule has 1 aromatic rings. The van der Waals surface area contributed by atoms with Gasteiger partial charge < -0.3 is 5.32 Å². The van der Waals surface area contributed by atoms with E-state index in [4.69, 9.17) is 0 Å². The van der Waals surface area contributed by atoms with Gasteiger partial charge in [-0.2, -0.15) is 0 Å². The van der Waals surface area contributed by atoms with E-state index in [0.29, 0.717) is 13.0 Å². The van der Waals surface area contributed by atoms with Crippen molar-refractivity contribution >= 4 is 5.91 Å². The Balaban J connectivity index is 2.20. The quantitative estimate of drug-likeness (QED) is 0.569. The fourth-order valence-corrected chi connectivity index (χ4v) is 1.19. The minimum absolute atomic E-state index is 0.0718. The molecule has 0 bridgehead atoms. The van der Waals surface area contributed by atoms with Crippen LogP contribution in [-0.4, -0.2) is 10.9 Å². The second kappa shape index (κ2) is 6.76. The predicted molar refractivity (Wildman–Crippen MR) is 60.1 cm³/mol. The van der Waals surface area contributed by atoms with Gasteiger partial charge in [-0.15, -0.1) is 6.58 Å². The van der Waals surface area contributed by atoms with Crippen molar-refractivity contribution in [1.29, 1.82) is 0 Å². The molecule has 0 atom stereocenters. The molecule has 3 heteroatoms. The molecule has 0 aliphatic heterocycles. The Bertz CT molecular complexity index is 309. The summed E-state index contributed by atoms with van der Waals surface area (Å²) in [5.41, 5.74) is 0.884. The molecule has 3 nitrogen and oxygen atoms in total. The number of carbonyl (C=O) groups excluding carboxylic acids is 1. The van der Waals surface area contributed by atoms with Crippen LogP contribution in [0.25, 0.3) is 0 Å². The van der Waals surface area contributed by atoms with Crippen molar-refractivity contribution in [2.45, 2.75) is 25.8 Å². The lowest BCUT2D eigenvalue weighted by molar-refractivity contribution is -0.121. The normalized spacial score (nSPS) is 9.60. The Labute approximate surface area is 90.2 Å². The molecule has 1 amide bonds. The molecule has 0 spiro atoms. The molecule has 1 N–H and O–H groups in total. The van der Waals surface area contributed by atoms with Crippen molar-refractivity contribution in [2.24, 2.45) is 0 Å². The molecule has 0 saturated carbocycles. The fourth-order valence-electron chi connectivity index (χ4n) is 1.19. The number of rotatable bonds is 6. The maximum Gasteiger partial charge on any atom is 0.220 e. The van der Waals surface area contributed by atoms with E-state index in [1.165, 1.54) is 0 Å². The SMILES string of the molecule is C=CCCCC(=O)NCc1ccccn1. The van der Waals surface area contributed by atoms with Gasteiger partial charge in [0.25, 0.3) is 0 Å². The zero-order chi connectivity index (χ0) is 10.9. The van der Waals surface area contributed by atoms with Crippen LogP contribution >= 0.6 is 0 Å². The minimum Gasteiger partial charge on any atom is -0.350 e. The summed E-state index contributed by atoms with van der Waals surface area (Å²) in [7, 11) is 0. The maximum atomic E-state index is 11.3. The van der Waals surface area contributed by atoms with Gasteiger partial charge in [-0.05, 0) is 25.0 Å². The average Bonchev–Trinajstić information content (AvgIpc) is 2.28. The summed E-state index contributed by atoms with van der Waals surface area (Å²) >= 11 is 0. The van der Waals surface area contributed by atoms with E-state index >= 15 is 0 Å². The molecule has 0 aliphatic carbocycles. The summed E-state index contributed by atoms with van der Waals surface area (Å²) < 4.78 is 0. The number of aromatic nitrogens is 1. The number of unbranched alkanes of at least 4 members (excludes halogenated alkanes) is 1. The molecule has 80 valence electrons. The van der Waals surface area contributed by atoms with E-state index < -0.39 is 0 Å². The lowest BCUT2D eigenvalue weighted by Crippen LogP contribution is -2.22. The molecule has 1 rings (SSSR count). The maximum absolute atomic E-state index is 11.3. The summed E-state index contributed by atoms with van der Waals surface area (Å²) in [5.74, 6) is 0.0718. The van der Waals surface area contributed by atoms with Crippen LogP contribution in [0.2, 0.25) is 0 Å². The highest BCUT2D eigenvalue weighted by atomic mass is 16.1. The van der Waals surface area contributed by atoms with Crippen molar-refractivity contribution in [3.63, 3.8) is 0 Å². The lowest BCUT2D eigenvalue weighted by atomic mass is 10.2. The van der Waals surface area contributed by atoms with E-state index in [9.17, 15) is 4.79 Å². The minimum atomic E-state index is 0.0718. The van der Waals surface area contributed by atoms with Gasteiger partial charge in [0.05, 0.1) is 12.2 Å². The third-order valence-corrected chi connectivity index (χ3v) is 2.00. The number of nitrogens with zero attached hydrogens (tertiary/aromatic N) is 1. The second-order valence-electron chi connectivity index (χ2n) is 3.28. The van der Waals surface area contributed by atoms with Crippen LogP contribution in [0.5, 0.6) is 0 Å². The smallest absolute Gasteiger partial charge is 0.220 e. The van der Waals surface area contributed by atoms with Crippen LogP contribution in [0.4, 0.5) is 0 Å². The van der Waals surface area contributed by atoms with Gasteiger partial charge in [0.1, 0.15) is 0 Å². The number of pyridine rings is 1. The Morgan fingerprint density at radius 2 is 2.40 bits per heavy atom. The topological polar surface area (TPSA) is 42.0 Å². The summed E-state index contributed by atoms with van der Waals surface area (Å²) in [6.45, 7) is 4.12. The Morgan fingerprint density at radius 3 is 3.07 bits per heavy atom. The Morgan fingerprint density at radius 1 is 1.53 bits per heavy atom. The number of hydrogen-bond acceptors (Lipinski definition) is 2. The molecule has 0 unspecified atom stereocenters. The monoisotopic (exact) mass is 204 g/mol. The highest BCUT2D eigenvalue weighted by Gasteiger charge is 2.00. The van der Waals surface area contributed by atoms with Gasteiger partial charge in [-0.3, -0.25) is 9.78 Å². The van der Waals surface area contributed by atoms with Crippen molar-refractivity contribution < 1.29 is 4.79 Å². The lowest BCUT2D eigenvalue weighted by Gasteiger charge is -2.03. The zero-order valence-electron chi connectivity index (χ0n) is 8.78. The van der Waals surface area contributed by atoms with Crippen LogP contribution < -0.4 is 5.32 Å². The highest BCUT2D eigenvalue weighted by molar-refractivity contribution is 5.75. The van der Waals surface area contributed by atoms with E-state index in [1.54, 1.807) is 6.20 Å². The molecule has 1 heterocycles. The third kappa shape index (κ3) is 4.96. The Kier molecular flexibility index (Phi) is 5.15. The number of amides is 1. The molecular weight excluding hydrogens is 188 g/mol. The van der Waals surface area contributed by atoms with Crippen LogP contribution in [0.3, 0.4) is 0 Å². The average molecular weight is 204 g/mol. The number of hydrogen-bond donors (Lipinski definition) is 1. The number of nitrogens with one attached hydrogen (secondary N) is 1. The highest BCUT2D eigenvalue weighted by Crippen LogP contribution is 1.97. The van der Waals surface area contributed by atoms with Gasteiger partial charge >= 0.3 is 0 Å². The molecule has 0 saturated heterocycles. The molecule has 0 aromatic carbocycles. The summed E-state index contributed by atoms with van der Waals surface area (Å²) in [5, 5.41) is 2.82. The van der Waals surface area contributed by atoms with E-state index in [0.717, 1.165) is 18.5 Å². The van der Waals surface area contributed by atoms with Crippen LogP contribution in [0, 0.1) is 0 Å². The van der Waals surface area contributed by atoms with Crippen molar-refractivity contribution in [3.05, 3.63) is 42.7 Å². The van der Waals surface area contributed by atoms with Gasteiger partial charge in [-0.25, -0.2) is 0 Å². The van der Waals surface area contributed by atoms with Crippen LogP contribution in [0.15, 0.2) is 37.1 Å². The van der Waals surface area contributed by atoms with Crippen molar-refractivity contribution in [3.8, 4) is 0 Å². The second-order valence-corrected chi connectivity index (χ2v) is 3.28. The first kappa shape index (κ1) is 11.4. The zero-order valence-corrected chi connectivity index (χ0v) is 8.78. The van der Waals surface area contributed by atoms with E-state index in [1.807, 2.05) is 24.3 Å². The van der Waals surface area contributed by atoms with Crippen molar-refractivity contribution in [1.82, 2.24) is 10.3 Å². The first-order valence-electron chi connectivity index (χ1n) is 5.10. The molecular formula is C12H16N2O. The largest absolute Gasteiger partial charge is 0.350 e. The van der Waals surface area contributed by atoms with Gasteiger partial charge in [0.2, 0.25) is 5.91 Å². The number of carbonyl (C=O) groups is 1. The van der Waals surface area contributed by atoms with Gasteiger partial charge in [0, 0.05) is 12.6 Å². The summed E-state index contributed by atoms with van der Waals surface area (Å²) in [6.07, 6.45) is 5.85. The standard InChI is InChI=1S/C12H16N2O/c1-2-3-4-8-12(15)14-10-11-7-5-6-9-13-11/h2,5-7,9H,1,3-4,8,10H2,(H,14,15). The molecule has 0 aliphatic rings. The van der Waals surface area contributed by atoms with Crippen LogP contribution in [0.1, 0.15) is 25.0 Å². The van der Waals surface area contributed by atoms with E-state index in [2.05, 4.69) is 16.9 Å². The van der Waals surface area contributed by atoms with E-state index in [-0.39, 0.29) is 5.91 Å². The van der Waals surface area contributed by atoms with Crippen molar-refractivity contribution in [2.75, 3.05) is 0 Å². The van der Waals surface area contributed by atoms with Gasteiger partial charge in [0.15, 0.2) is 0 Å². The predicted octanol–water partition coefficient (Wildman–Crippen LogP) is 2.05. The number of allylic oxidation sites excluding steroid dienone is 1. The first-order valence-corrected chi connectivity index (χ1v) is 5.10.